The van der Waals surface area contributed by atoms with E-state index >= 15 is 0 Å². The first-order chi connectivity index (χ1) is 8.04. The normalized spacial score (nSPS) is 10.8. The zero-order chi connectivity index (χ0) is 12.8. The van der Waals surface area contributed by atoms with Gasteiger partial charge in [0.1, 0.15) is 0 Å². The summed E-state index contributed by atoms with van der Waals surface area (Å²) < 4.78 is 0.720. The highest BCUT2D eigenvalue weighted by molar-refractivity contribution is 9.10. The van der Waals surface area contributed by atoms with Crippen LogP contribution in [-0.4, -0.2) is 30.0 Å². The minimum atomic E-state index is -0.350. The zero-order valence-corrected chi connectivity index (χ0v) is 11.3. The summed E-state index contributed by atoms with van der Waals surface area (Å²) in [6, 6.07) is 5.13. The molecule has 0 aliphatic rings. The summed E-state index contributed by atoms with van der Waals surface area (Å²) >= 11 is 3.24. The molecule has 1 aromatic rings. The monoisotopic (exact) mass is 301 g/mol. The van der Waals surface area contributed by atoms with Gasteiger partial charge in [0.05, 0.1) is 4.92 Å². The van der Waals surface area contributed by atoms with E-state index in [-0.39, 0.29) is 10.6 Å². The lowest BCUT2D eigenvalue weighted by Gasteiger charge is -2.16. The van der Waals surface area contributed by atoms with Crippen LogP contribution in [0.25, 0.3) is 0 Å². The van der Waals surface area contributed by atoms with E-state index < -0.39 is 0 Å². The molecule has 0 unspecified atom stereocenters. The maximum Gasteiger partial charge on any atom is 0.275 e. The van der Waals surface area contributed by atoms with Gasteiger partial charge in [-0.2, -0.15) is 0 Å². The quantitative estimate of drug-likeness (QED) is 0.645. The van der Waals surface area contributed by atoms with E-state index in [1.807, 2.05) is 18.0 Å². The summed E-state index contributed by atoms with van der Waals surface area (Å²) in [5.74, 6) is 0. The van der Waals surface area contributed by atoms with E-state index in [1.54, 1.807) is 6.07 Å². The Morgan fingerprint density at radius 3 is 2.82 bits per heavy atom. The van der Waals surface area contributed by atoms with Crippen molar-refractivity contribution >= 4 is 21.6 Å². The van der Waals surface area contributed by atoms with Crippen LogP contribution in [0.1, 0.15) is 12.0 Å². The molecule has 94 valence electrons. The first kappa shape index (κ1) is 14.1. The molecule has 1 rings (SSSR count). The fourth-order valence-electron chi connectivity index (χ4n) is 1.57. The Morgan fingerprint density at radius 1 is 1.53 bits per heavy atom. The van der Waals surface area contributed by atoms with Gasteiger partial charge in [-0.05, 0) is 38.7 Å². The van der Waals surface area contributed by atoms with Crippen molar-refractivity contribution in [2.45, 2.75) is 13.0 Å². The number of nitro groups is 1. The van der Waals surface area contributed by atoms with Gasteiger partial charge in [-0.15, -0.1) is 0 Å². The van der Waals surface area contributed by atoms with Gasteiger partial charge < -0.3 is 10.6 Å². The van der Waals surface area contributed by atoms with Crippen LogP contribution < -0.4 is 5.73 Å². The van der Waals surface area contributed by atoms with Crippen molar-refractivity contribution in [2.24, 2.45) is 5.73 Å². The van der Waals surface area contributed by atoms with E-state index in [0.717, 1.165) is 23.0 Å². The second kappa shape index (κ2) is 6.68. The fourth-order valence-corrected chi connectivity index (χ4v) is 1.92. The van der Waals surface area contributed by atoms with Gasteiger partial charge >= 0.3 is 0 Å². The molecule has 0 bridgehead atoms. The van der Waals surface area contributed by atoms with Crippen molar-refractivity contribution < 1.29 is 4.92 Å². The van der Waals surface area contributed by atoms with Gasteiger partial charge in [0.15, 0.2) is 0 Å². The van der Waals surface area contributed by atoms with Crippen molar-refractivity contribution in [1.82, 2.24) is 4.90 Å². The molecule has 0 spiro atoms. The van der Waals surface area contributed by atoms with Gasteiger partial charge in [0.25, 0.3) is 5.69 Å². The van der Waals surface area contributed by atoms with E-state index in [2.05, 4.69) is 15.9 Å². The molecule has 17 heavy (non-hydrogen) atoms. The SMILES string of the molecule is CN(CCCN)Cc1ccc(Br)cc1[N+](=O)[O-]. The predicted molar refractivity (Wildman–Crippen MR) is 70.8 cm³/mol. The molecule has 0 aromatic heterocycles. The molecule has 0 saturated carbocycles. The lowest BCUT2D eigenvalue weighted by Crippen LogP contribution is -2.21. The molecule has 6 heteroatoms. The highest BCUT2D eigenvalue weighted by atomic mass is 79.9. The van der Waals surface area contributed by atoms with Crippen molar-refractivity contribution in [3.05, 3.63) is 38.3 Å². The molecule has 0 amide bonds. The van der Waals surface area contributed by atoms with Crippen LogP contribution in [0.4, 0.5) is 5.69 Å². The average molecular weight is 302 g/mol. The van der Waals surface area contributed by atoms with Crippen LogP contribution in [0, 0.1) is 10.1 Å². The number of hydrogen-bond donors (Lipinski definition) is 1. The standard InChI is InChI=1S/C11H16BrN3O2/c1-14(6-2-5-13)8-9-3-4-10(12)7-11(9)15(16)17/h3-4,7H,2,5-6,8,13H2,1H3. The number of nitrogens with two attached hydrogens (primary N) is 1. The number of benzene rings is 1. The van der Waals surface area contributed by atoms with Gasteiger partial charge in [-0.1, -0.05) is 15.9 Å². The zero-order valence-electron chi connectivity index (χ0n) is 9.73. The number of nitro benzene ring substituents is 1. The summed E-state index contributed by atoms with van der Waals surface area (Å²) in [7, 11) is 1.93. The van der Waals surface area contributed by atoms with Crippen LogP contribution in [0.2, 0.25) is 0 Å². The third kappa shape index (κ3) is 4.41. The Hall–Kier alpha value is -0.980. The number of nitrogens with zero attached hydrogens (tertiary/aromatic N) is 2. The van der Waals surface area contributed by atoms with Gasteiger partial charge in [-0.3, -0.25) is 10.1 Å². The topological polar surface area (TPSA) is 72.4 Å². The molecule has 0 fully saturated rings. The van der Waals surface area contributed by atoms with Crippen LogP contribution in [0.15, 0.2) is 22.7 Å². The second-order valence-corrected chi connectivity index (χ2v) is 4.83. The van der Waals surface area contributed by atoms with Gasteiger partial charge in [0.2, 0.25) is 0 Å². The summed E-state index contributed by atoms with van der Waals surface area (Å²) in [5.41, 5.74) is 6.30. The van der Waals surface area contributed by atoms with Crippen LogP contribution >= 0.6 is 15.9 Å². The van der Waals surface area contributed by atoms with Crippen LogP contribution in [0.5, 0.6) is 0 Å². The Labute approximate surface area is 109 Å². The lowest BCUT2D eigenvalue weighted by atomic mass is 10.1. The highest BCUT2D eigenvalue weighted by Gasteiger charge is 2.15. The summed E-state index contributed by atoms with van der Waals surface area (Å²) in [5, 5.41) is 10.9. The largest absolute Gasteiger partial charge is 0.330 e. The second-order valence-electron chi connectivity index (χ2n) is 3.91. The Kier molecular flexibility index (Phi) is 5.54. The minimum Gasteiger partial charge on any atom is -0.330 e. The van der Waals surface area contributed by atoms with E-state index in [4.69, 9.17) is 5.73 Å². The average Bonchev–Trinajstić information content (AvgIpc) is 2.28. The molecule has 2 N–H and O–H groups in total. The molecule has 5 nitrogen and oxygen atoms in total. The number of halogens is 1. The third-order valence-corrected chi connectivity index (χ3v) is 2.92. The first-order valence-corrected chi connectivity index (χ1v) is 6.15. The molecule has 0 heterocycles. The minimum absolute atomic E-state index is 0.152. The predicted octanol–water partition coefficient (Wildman–Crippen LogP) is 2.14. The molecule has 0 saturated heterocycles. The highest BCUT2D eigenvalue weighted by Crippen LogP contribution is 2.24. The van der Waals surface area contributed by atoms with Crippen molar-refractivity contribution in [3.8, 4) is 0 Å². The van der Waals surface area contributed by atoms with E-state index in [0.29, 0.717) is 13.1 Å². The Balaban J connectivity index is 2.79. The maximum atomic E-state index is 10.9. The molecular formula is C11H16BrN3O2. The molecule has 0 radical (unpaired) electrons. The summed E-state index contributed by atoms with van der Waals surface area (Å²) in [6.07, 6.45) is 0.890. The molecular weight excluding hydrogens is 286 g/mol. The summed E-state index contributed by atoms with van der Waals surface area (Å²) in [6.45, 7) is 2.03. The van der Waals surface area contributed by atoms with E-state index in [1.165, 1.54) is 6.07 Å². The number of hydrogen-bond acceptors (Lipinski definition) is 4. The van der Waals surface area contributed by atoms with Gasteiger partial charge in [0, 0.05) is 22.6 Å². The summed E-state index contributed by atoms with van der Waals surface area (Å²) in [4.78, 5) is 12.6. The fraction of sp³-hybridized carbons (Fsp3) is 0.455. The van der Waals surface area contributed by atoms with E-state index in [9.17, 15) is 10.1 Å². The molecule has 0 aliphatic carbocycles. The van der Waals surface area contributed by atoms with Crippen molar-refractivity contribution in [2.75, 3.05) is 20.1 Å². The van der Waals surface area contributed by atoms with Gasteiger partial charge in [-0.25, -0.2) is 0 Å². The molecule has 0 aliphatic heterocycles. The van der Waals surface area contributed by atoms with Crippen molar-refractivity contribution in [1.29, 1.82) is 0 Å². The Bertz CT molecular complexity index is 398. The van der Waals surface area contributed by atoms with Crippen LogP contribution in [0.3, 0.4) is 0 Å². The Morgan fingerprint density at radius 2 is 2.24 bits per heavy atom. The maximum absolute atomic E-state index is 10.9. The first-order valence-electron chi connectivity index (χ1n) is 5.36. The van der Waals surface area contributed by atoms with Crippen LogP contribution in [-0.2, 0) is 6.54 Å². The number of rotatable bonds is 6. The molecule has 1 aromatic carbocycles. The third-order valence-electron chi connectivity index (χ3n) is 2.43. The van der Waals surface area contributed by atoms with Crippen molar-refractivity contribution in [3.63, 3.8) is 0 Å². The smallest absolute Gasteiger partial charge is 0.275 e. The molecule has 0 atom stereocenters. The lowest BCUT2D eigenvalue weighted by molar-refractivity contribution is -0.385.